The zero-order valence-electron chi connectivity index (χ0n) is 32.3. The van der Waals surface area contributed by atoms with Crippen LogP contribution in [0.15, 0.2) is 155 Å². The summed E-state index contributed by atoms with van der Waals surface area (Å²) in [5.41, 5.74) is 13.4. The number of rotatable bonds is 5. The van der Waals surface area contributed by atoms with Crippen molar-refractivity contribution in [3.63, 3.8) is 0 Å². The molecular weight excluding hydrogens is 657 g/mol. The minimum atomic E-state index is 0.0135. The normalized spacial score (nSPS) is 19.8. The van der Waals surface area contributed by atoms with Crippen molar-refractivity contribution in [3.8, 4) is 5.69 Å². The zero-order valence-corrected chi connectivity index (χ0v) is 32.3. The average Bonchev–Trinajstić information content (AvgIpc) is 3.76. The highest BCUT2D eigenvalue weighted by Crippen LogP contribution is 2.61. The van der Waals surface area contributed by atoms with Crippen molar-refractivity contribution in [1.82, 2.24) is 4.57 Å². The lowest BCUT2D eigenvalue weighted by molar-refractivity contribution is 0.125. The van der Waals surface area contributed by atoms with Gasteiger partial charge in [-0.2, -0.15) is 0 Å². The van der Waals surface area contributed by atoms with E-state index < -0.39 is 0 Å². The topological polar surface area (TPSA) is 21.3 Å². The molecule has 2 aromatic heterocycles. The third kappa shape index (κ3) is 4.67. The first-order valence-corrected chi connectivity index (χ1v) is 19.7. The number of anilines is 2. The van der Waals surface area contributed by atoms with Crippen molar-refractivity contribution < 1.29 is 4.42 Å². The zero-order chi connectivity index (χ0) is 37.0. The molecule has 0 N–H and O–H groups in total. The number of allylic oxidation sites excluding steroid dienone is 7. The van der Waals surface area contributed by atoms with Gasteiger partial charge < -0.3 is 13.9 Å². The number of fused-ring (bicyclic) bond motifs is 7. The minimum absolute atomic E-state index is 0.0135. The van der Waals surface area contributed by atoms with Crippen LogP contribution in [-0.4, -0.2) is 4.57 Å². The van der Waals surface area contributed by atoms with Crippen LogP contribution in [0.25, 0.3) is 49.4 Å². The molecule has 0 spiro atoms. The molecule has 2 heterocycles. The predicted molar refractivity (Wildman–Crippen MR) is 228 cm³/mol. The van der Waals surface area contributed by atoms with Crippen molar-refractivity contribution in [2.24, 2.45) is 11.3 Å². The highest BCUT2D eigenvalue weighted by atomic mass is 16.3. The third-order valence-corrected chi connectivity index (χ3v) is 14.1. The maximum absolute atomic E-state index is 6.28. The summed E-state index contributed by atoms with van der Waals surface area (Å²) in [6.45, 7) is 14.6. The molecule has 3 heteroatoms. The first kappa shape index (κ1) is 33.1. The van der Waals surface area contributed by atoms with E-state index in [-0.39, 0.29) is 16.2 Å². The number of para-hydroxylation sites is 2. The molecule has 0 aliphatic heterocycles. The SMILES string of the molecule is CC1(C)c2ccc(-n3c4ccccc4c4ccc(N(C5=CCC(C6=CCCC=C6)C=C5)c5ccc6oc7ccccc7c6c5)cc43)cc2C(C)(C)C1(C)C. The van der Waals surface area contributed by atoms with Crippen molar-refractivity contribution >= 4 is 55.1 Å². The Labute approximate surface area is 318 Å². The highest BCUT2D eigenvalue weighted by molar-refractivity contribution is 6.11. The number of benzene rings is 5. The van der Waals surface area contributed by atoms with E-state index in [9.17, 15) is 0 Å². The fraction of sp³-hybridized carbons (Fsp3) is 0.255. The van der Waals surface area contributed by atoms with Gasteiger partial charge in [0, 0.05) is 50.2 Å². The van der Waals surface area contributed by atoms with Gasteiger partial charge in [-0.3, -0.25) is 0 Å². The van der Waals surface area contributed by atoms with E-state index in [1.807, 2.05) is 6.07 Å². The second-order valence-electron chi connectivity index (χ2n) is 17.3. The van der Waals surface area contributed by atoms with E-state index >= 15 is 0 Å². The van der Waals surface area contributed by atoms with Gasteiger partial charge in [-0.25, -0.2) is 0 Å². The van der Waals surface area contributed by atoms with Gasteiger partial charge in [-0.15, -0.1) is 0 Å². The van der Waals surface area contributed by atoms with Gasteiger partial charge in [-0.05, 0) is 113 Å². The average molecular weight is 705 g/mol. The second kappa shape index (κ2) is 11.7. The van der Waals surface area contributed by atoms with Crippen LogP contribution in [-0.2, 0) is 10.8 Å². The highest BCUT2D eigenvalue weighted by Gasteiger charge is 2.56. The molecule has 1 atom stereocenters. The second-order valence-corrected chi connectivity index (χ2v) is 17.3. The Morgan fingerprint density at radius 1 is 0.611 bits per heavy atom. The molecular formula is C51H48N2O. The van der Waals surface area contributed by atoms with Gasteiger partial charge in [0.2, 0.25) is 0 Å². The van der Waals surface area contributed by atoms with E-state index in [4.69, 9.17) is 4.42 Å². The van der Waals surface area contributed by atoms with Crippen molar-refractivity contribution in [1.29, 1.82) is 0 Å². The molecule has 0 radical (unpaired) electrons. The first-order chi connectivity index (χ1) is 26.0. The molecule has 1 unspecified atom stereocenters. The summed E-state index contributed by atoms with van der Waals surface area (Å²) < 4.78 is 8.78. The largest absolute Gasteiger partial charge is 0.456 e. The lowest BCUT2D eigenvalue weighted by Crippen LogP contribution is -2.42. The fourth-order valence-electron chi connectivity index (χ4n) is 9.80. The molecule has 0 bridgehead atoms. The van der Waals surface area contributed by atoms with Crippen LogP contribution in [0.1, 0.15) is 71.9 Å². The van der Waals surface area contributed by atoms with Crippen LogP contribution in [0.3, 0.4) is 0 Å². The summed E-state index contributed by atoms with van der Waals surface area (Å²) in [6, 6.07) is 38.2. The maximum Gasteiger partial charge on any atom is 0.135 e. The van der Waals surface area contributed by atoms with Gasteiger partial charge in [0.05, 0.1) is 11.0 Å². The van der Waals surface area contributed by atoms with E-state index in [0.29, 0.717) is 5.92 Å². The van der Waals surface area contributed by atoms with Crippen LogP contribution in [0.4, 0.5) is 11.4 Å². The number of nitrogens with zero attached hydrogens (tertiary/aromatic N) is 2. The molecule has 3 nitrogen and oxygen atoms in total. The molecule has 0 fully saturated rings. The molecule has 54 heavy (non-hydrogen) atoms. The number of aromatic nitrogens is 1. The number of hydrogen-bond donors (Lipinski definition) is 0. The summed E-state index contributed by atoms with van der Waals surface area (Å²) in [5, 5.41) is 4.80. The third-order valence-electron chi connectivity index (χ3n) is 14.1. The minimum Gasteiger partial charge on any atom is -0.456 e. The Balaban J connectivity index is 1.17. The van der Waals surface area contributed by atoms with Crippen LogP contribution < -0.4 is 4.90 Å². The van der Waals surface area contributed by atoms with Gasteiger partial charge in [0.15, 0.2) is 0 Å². The predicted octanol–water partition coefficient (Wildman–Crippen LogP) is 14.2. The van der Waals surface area contributed by atoms with Gasteiger partial charge >= 0.3 is 0 Å². The summed E-state index contributed by atoms with van der Waals surface area (Å²) in [6.07, 6.45) is 17.5. The lowest BCUT2D eigenvalue weighted by atomic mass is 9.59. The monoisotopic (exact) mass is 704 g/mol. The Hall–Kier alpha value is -5.54. The van der Waals surface area contributed by atoms with Gasteiger partial charge in [0.25, 0.3) is 0 Å². The van der Waals surface area contributed by atoms with Crippen molar-refractivity contribution in [3.05, 3.63) is 162 Å². The number of hydrogen-bond acceptors (Lipinski definition) is 2. The summed E-state index contributed by atoms with van der Waals surface area (Å²) in [5.74, 6) is 0.400. The van der Waals surface area contributed by atoms with Crippen LogP contribution in [0, 0.1) is 11.3 Å². The molecule has 0 saturated heterocycles. The standard InChI is InChI=1S/C51H48N2O/c1-49(2)43-28-25-37(31-44(43)50(3,4)51(49,5)6)53-45-18-12-10-16-39(45)40-27-24-38(32-46(40)53)52(35-22-20-34(21-23-35)33-14-8-7-9-15-33)36-26-29-48-42(30-36)41-17-11-13-19-47(41)54-48/h8,10-20,22-32,34H,7,9,21H2,1-6H3. The Morgan fingerprint density at radius 2 is 1.33 bits per heavy atom. The smallest absolute Gasteiger partial charge is 0.135 e. The molecule has 5 aromatic carbocycles. The lowest BCUT2D eigenvalue weighted by Gasteiger charge is -2.44. The maximum atomic E-state index is 6.28. The Kier molecular flexibility index (Phi) is 7.18. The molecule has 7 aromatic rings. The van der Waals surface area contributed by atoms with E-state index in [0.717, 1.165) is 52.6 Å². The van der Waals surface area contributed by atoms with Gasteiger partial charge in [-0.1, -0.05) is 120 Å². The molecule has 3 aliphatic rings. The van der Waals surface area contributed by atoms with Crippen molar-refractivity contribution in [2.75, 3.05) is 4.90 Å². The molecule has 10 rings (SSSR count). The summed E-state index contributed by atoms with van der Waals surface area (Å²) in [7, 11) is 0. The van der Waals surface area contributed by atoms with Crippen LogP contribution in [0.5, 0.6) is 0 Å². The first-order valence-electron chi connectivity index (χ1n) is 19.7. The van der Waals surface area contributed by atoms with Crippen LogP contribution in [0.2, 0.25) is 0 Å². The summed E-state index contributed by atoms with van der Waals surface area (Å²) in [4.78, 5) is 2.44. The molecule has 0 saturated carbocycles. The van der Waals surface area contributed by atoms with E-state index in [1.165, 1.54) is 49.9 Å². The van der Waals surface area contributed by atoms with Crippen molar-refractivity contribution in [2.45, 2.75) is 71.6 Å². The molecule has 0 amide bonds. The fourth-order valence-corrected chi connectivity index (χ4v) is 9.80. The van der Waals surface area contributed by atoms with E-state index in [1.54, 1.807) is 0 Å². The Bertz CT molecular complexity index is 2790. The number of furan rings is 1. The quantitative estimate of drug-likeness (QED) is 0.178. The molecule has 268 valence electrons. The van der Waals surface area contributed by atoms with Crippen LogP contribution >= 0.6 is 0 Å². The van der Waals surface area contributed by atoms with E-state index in [2.05, 4.69) is 185 Å². The van der Waals surface area contributed by atoms with Gasteiger partial charge in [0.1, 0.15) is 11.2 Å². The summed E-state index contributed by atoms with van der Waals surface area (Å²) >= 11 is 0. The Morgan fingerprint density at radius 3 is 2.13 bits per heavy atom. The molecule has 3 aliphatic carbocycles.